The van der Waals surface area contributed by atoms with Crippen LogP contribution in [0.15, 0.2) is 24.3 Å². The van der Waals surface area contributed by atoms with Gasteiger partial charge in [-0.15, -0.1) is 0 Å². The van der Waals surface area contributed by atoms with Crippen LogP contribution in [0.2, 0.25) is 0 Å². The molecule has 1 aromatic carbocycles. The van der Waals surface area contributed by atoms with E-state index in [9.17, 15) is 8.42 Å². The number of hydrogen-bond donors (Lipinski definition) is 1. The van der Waals surface area contributed by atoms with Gasteiger partial charge in [-0.05, 0) is 24.3 Å². The lowest BCUT2D eigenvalue weighted by Crippen LogP contribution is -2.12. The SMILES string of the molecule is N#CCOc1ccc(NS(=O)(=O)CBr)cc1. The summed E-state index contributed by atoms with van der Waals surface area (Å²) >= 11 is 2.87. The van der Waals surface area contributed by atoms with Gasteiger partial charge in [-0.1, -0.05) is 15.9 Å². The average Bonchev–Trinajstić information content (AvgIpc) is 2.28. The van der Waals surface area contributed by atoms with Crippen LogP contribution in [-0.2, 0) is 10.0 Å². The third-order valence-corrected chi connectivity index (χ3v) is 4.22. The summed E-state index contributed by atoms with van der Waals surface area (Å²) in [7, 11) is -3.33. The number of rotatable bonds is 5. The van der Waals surface area contributed by atoms with Crippen LogP contribution >= 0.6 is 15.9 Å². The smallest absolute Gasteiger partial charge is 0.242 e. The fourth-order valence-corrected chi connectivity index (χ4v) is 1.83. The van der Waals surface area contributed by atoms with Crippen LogP contribution in [0.1, 0.15) is 0 Å². The highest BCUT2D eigenvalue weighted by atomic mass is 79.9. The van der Waals surface area contributed by atoms with Crippen molar-refractivity contribution < 1.29 is 13.2 Å². The van der Waals surface area contributed by atoms with Gasteiger partial charge in [0.2, 0.25) is 10.0 Å². The summed E-state index contributed by atoms with van der Waals surface area (Å²) in [5.74, 6) is 0.517. The average molecular weight is 305 g/mol. The van der Waals surface area contributed by atoms with Crippen LogP contribution in [0.4, 0.5) is 5.69 Å². The van der Waals surface area contributed by atoms with Gasteiger partial charge in [0.1, 0.15) is 16.5 Å². The molecule has 5 nitrogen and oxygen atoms in total. The zero-order valence-corrected chi connectivity index (χ0v) is 10.6. The van der Waals surface area contributed by atoms with Crippen LogP contribution in [0.3, 0.4) is 0 Å². The number of nitriles is 1. The number of hydrogen-bond acceptors (Lipinski definition) is 4. The third kappa shape index (κ3) is 4.08. The predicted octanol–water partition coefficient (Wildman–Crippen LogP) is 1.68. The van der Waals surface area contributed by atoms with Crippen molar-refractivity contribution in [3.05, 3.63) is 24.3 Å². The topological polar surface area (TPSA) is 79.2 Å². The van der Waals surface area contributed by atoms with E-state index in [0.717, 1.165) is 0 Å². The Labute approximate surface area is 102 Å². The number of halogens is 1. The Balaban J connectivity index is 2.69. The molecule has 16 heavy (non-hydrogen) atoms. The third-order valence-electron chi connectivity index (χ3n) is 1.57. The molecule has 1 aromatic rings. The minimum Gasteiger partial charge on any atom is -0.479 e. The molecular formula is C9H9BrN2O3S. The quantitative estimate of drug-likeness (QED) is 0.839. The summed E-state index contributed by atoms with van der Waals surface area (Å²) in [5.41, 5.74) is 0.448. The molecule has 0 radical (unpaired) electrons. The Morgan fingerprint density at radius 1 is 1.38 bits per heavy atom. The first-order valence-corrected chi connectivity index (χ1v) is 7.01. The second kappa shape index (κ2) is 5.72. The first-order valence-electron chi connectivity index (χ1n) is 4.23. The zero-order valence-electron chi connectivity index (χ0n) is 8.18. The summed E-state index contributed by atoms with van der Waals surface area (Å²) in [4.78, 5) is 0. The molecule has 7 heteroatoms. The second-order valence-electron chi connectivity index (χ2n) is 2.80. The number of anilines is 1. The molecule has 0 spiro atoms. The van der Waals surface area contributed by atoms with Crippen molar-refractivity contribution in [1.29, 1.82) is 5.26 Å². The molecule has 1 rings (SSSR count). The molecule has 0 fully saturated rings. The van der Waals surface area contributed by atoms with E-state index in [2.05, 4.69) is 20.7 Å². The summed E-state index contributed by atoms with van der Waals surface area (Å²) in [5, 5.41) is 8.30. The summed E-state index contributed by atoms with van der Waals surface area (Å²) in [6.45, 7) is -0.0352. The van der Waals surface area contributed by atoms with Gasteiger partial charge in [-0.3, -0.25) is 4.72 Å². The van der Waals surface area contributed by atoms with E-state index < -0.39 is 10.0 Å². The van der Waals surface area contributed by atoms with Crippen molar-refractivity contribution in [3.63, 3.8) is 0 Å². The minimum atomic E-state index is -3.33. The Morgan fingerprint density at radius 2 is 2.00 bits per heavy atom. The van der Waals surface area contributed by atoms with E-state index in [0.29, 0.717) is 11.4 Å². The first-order chi connectivity index (χ1) is 7.57. The van der Waals surface area contributed by atoms with Gasteiger partial charge in [0.25, 0.3) is 0 Å². The molecular weight excluding hydrogens is 296 g/mol. The fourth-order valence-electron chi connectivity index (χ4n) is 0.942. The van der Waals surface area contributed by atoms with Crippen LogP contribution in [-0.4, -0.2) is 19.7 Å². The number of alkyl halides is 1. The van der Waals surface area contributed by atoms with Gasteiger partial charge in [0, 0.05) is 5.69 Å². The molecule has 0 amide bonds. The number of ether oxygens (including phenoxy) is 1. The van der Waals surface area contributed by atoms with Crippen LogP contribution in [0.25, 0.3) is 0 Å². The van der Waals surface area contributed by atoms with Crippen LogP contribution < -0.4 is 9.46 Å². The highest BCUT2D eigenvalue weighted by Crippen LogP contribution is 2.16. The van der Waals surface area contributed by atoms with Crippen LogP contribution in [0, 0.1) is 11.3 Å². The van der Waals surface area contributed by atoms with Crippen molar-refractivity contribution in [1.82, 2.24) is 0 Å². The van der Waals surface area contributed by atoms with Crippen molar-refractivity contribution in [2.75, 3.05) is 16.0 Å². The molecule has 0 saturated heterocycles. The molecule has 0 aliphatic rings. The van der Waals surface area contributed by atoms with Crippen molar-refractivity contribution in [3.8, 4) is 11.8 Å². The lowest BCUT2D eigenvalue weighted by atomic mass is 10.3. The fraction of sp³-hybridized carbons (Fsp3) is 0.222. The summed E-state index contributed by atoms with van der Waals surface area (Å²) in [6.07, 6.45) is 0. The second-order valence-corrected chi connectivity index (χ2v) is 5.82. The van der Waals surface area contributed by atoms with Gasteiger partial charge in [-0.2, -0.15) is 5.26 Å². The molecule has 0 aromatic heterocycles. The first kappa shape index (κ1) is 12.8. The monoisotopic (exact) mass is 304 g/mol. The normalized spacial score (nSPS) is 10.5. The summed E-state index contributed by atoms with van der Waals surface area (Å²) < 4.78 is 29.6. The molecule has 0 saturated carbocycles. The van der Waals surface area contributed by atoms with Gasteiger partial charge >= 0.3 is 0 Å². The molecule has 0 bridgehead atoms. The standard InChI is InChI=1S/C9H9BrN2O3S/c10-7-16(13,14)12-8-1-3-9(4-2-8)15-6-5-11/h1-4,12H,6-7H2. The number of nitrogens with zero attached hydrogens (tertiary/aromatic N) is 1. The number of sulfonamides is 1. The maximum absolute atomic E-state index is 11.2. The predicted molar refractivity (Wildman–Crippen MR) is 63.9 cm³/mol. The highest BCUT2D eigenvalue weighted by Gasteiger charge is 2.07. The number of nitrogens with one attached hydrogen (secondary N) is 1. The highest BCUT2D eigenvalue weighted by molar-refractivity contribution is 9.10. The molecule has 0 unspecified atom stereocenters. The summed E-state index contributed by atoms with van der Waals surface area (Å²) in [6, 6.07) is 8.14. The molecule has 86 valence electrons. The van der Waals surface area contributed by atoms with E-state index in [4.69, 9.17) is 10.00 Å². The van der Waals surface area contributed by atoms with E-state index in [1.807, 2.05) is 6.07 Å². The minimum absolute atomic E-state index is 0.0352. The molecule has 0 atom stereocenters. The van der Waals surface area contributed by atoms with Gasteiger partial charge in [0.05, 0.1) is 0 Å². The van der Waals surface area contributed by atoms with Crippen molar-refractivity contribution in [2.24, 2.45) is 0 Å². The molecule has 0 aliphatic heterocycles. The van der Waals surface area contributed by atoms with E-state index in [1.54, 1.807) is 24.3 Å². The van der Waals surface area contributed by atoms with E-state index in [-0.39, 0.29) is 11.3 Å². The maximum Gasteiger partial charge on any atom is 0.242 e. The Bertz CT molecular complexity index is 478. The van der Waals surface area contributed by atoms with E-state index >= 15 is 0 Å². The zero-order chi connectivity index (χ0) is 12.0. The largest absolute Gasteiger partial charge is 0.479 e. The lowest BCUT2D eigenvalue weighted by molar-refractivity contribution is 0.368. The van der Waals surface area contributed by atoms with Gasteiger partial charge in [-0.25, -0.2) is 8.42 Å². The Hall–Kier alpha value is -1.26. The van der Waals surface area contributed by atoms with Gasteiger partial charge in [0.15, 0.2) is 6.61 Å². The molecule has 0 heterocycles. The van der Waals surface area contributed by atoms with Crippen molar-refractivity contribution in [2.45, 2.75) is 0 Å². The number of benzene rings is 1. The van der Waals surface area contributed by atoms with Crippen molar-refractivity contribution >= 4 is 31.6 Å². The van der Waals surface area contributed by atoms with Crippen LogP contribution in [0.5, 0.6) is 5.75 Å². The van der Waals surface area contributed by atoms with Gasteiger partial charge < -0.3 is 4.74 Å². The molecule has 0 aliphatic carbocycles. The molecule has 1 N–H and O–H groups in total. The van der Waals surface area contributed by atoms with E-state index in [1.165, 1.54) is 0 Å². The Kier molecular flexibility index (Phi) is 4.58. The Morgan fingerprint density at radius 3 is 2.50 bits per heavy atom. The maximum atomic E-state index is 11.2. The lowest BCUT2D eigenvalue weighted by Gasteiger charge is -2.06.